The molecule has 1 heterocycles. The summed E-state index contributed by atoms with van der Waals surface area (Å²) in [6, 6.07) is 0. The van der Waals surface area contributed by atoms with Gasteiger partial charge in [-0.05, 0) is 34.9 Å². The summed E-state index contributed by atoms with van der Waals surface area (Å²) >= 11 is 0. The van der Waals surface area contributed by atoms with Gasteiger partial charge in [0.25, 0.3) is 0 Å². The molecule has 0 atom stereocenters. The molecule has 1 aliphatic rings. The number of piperazine rings is 1. The average molecular weight is 256 g/mol. The molecule has 0 saturated carbocycles. The zero-order valence-corrected chi connectivity index (χ0v) is 13.0. The standard InChI is InChI=1S/C14H32N4/c1-14(2,3)15-6-7-17-10-12-18(13-11-17)9-8-16(4)5/h15H,6-13H2,1-5H3. The Bertz CT molecular complexity index is 214. The van der Waals surface area contributed by atoms with Crippen LogP contribution in [0.25, 0.3) is 0 Å². The number of nitrogens with zero attached hydrogens (tertiary/aromatic N) is 3. The summed E-state index contributed by atoms with van der Waals surface area (Å²) < 4.78 is 0. The number of hydrogen-bond donors (Lipinski definition) is 1. The Morgan fingerprint density at radius 1 is 0.944 bits per heavy atom. The molecule has 1 fully saturated rings. The van der Waals surface area contributed by atoms with E-state index in [-0.39, 0.29) is 5.54 Å². The highest BCUT2D eigenvalue weighted by atomic mass is 15.3. The lowest BCUT2D eigenvalue weighted by molar-refractivity contribution is 0.124. The van der Waals surface area contributed by atoms with Crippen LogP contribution in [0, 0.1) is 0 Å². The molecule has 18 heavy (non-hydrogen) atoms. The van der Waals surface area contributed by atoms with Crippen molar-refractivity contribution in [1.29, 1.82) is 0 Å². The van der Waals surface area contributed by atoms with Gasteiger partial charge in [-0.1, -0.05) is 0 Å². The predicted octanol–water partition coefficient (Wildman–Crippen LogP) is 0.554. The largest absolute Gasteiger partial charge is 0.311 e. The van der Waals surface area contributed by atoms with Gasteiger partial charge in [-0.2, -0.15) is 0 Å². The molecular weight excluding hydrogens is 224 g/mol. The number of hydrogen-bond acceptors (Lipinski definition) is 4. The lowest BCUT2D eigenvalue weighted by Gasteiger charge is -2.35. The minimum Gasteiger partial charge on any atom is -0.311 e. The summed E-state index contributed by atoms with van der Waals surface area (Å²) in [6.07, 6.45) is 0. The van der Waals surface area contributed by atoms with Crippen molar-refractivity contribution >= 4 is 0 Å². The Kier molecular flexibility index (Phi) is 6.57. The maximum atomic E-state index is 3.56. The molecule has 4 nitrogen and oxygen atoms in total. The van der Waals surface area contributed by atoms with E-state index in [4.69, 9.17) is 0 Å². The van der Waals surface area contributed by atoms with E-state index in [1.54, 1.807) is 0 Å². The van der Waals surface area contributed by atoms with Crippen molar-refractivity contribution in [3.63, 3.8) is 0 Å². The Balaban J connectivity index is 2.08. The highest BCUT2D eigenvalue weighted by Crippen LogP contribution is 2.02. The number of nitrogens with one attached hydrogen (secondary N) is 1. The third-order valence-corrected chi connectivity index (χ3v) is 3.41. The van der Waals surface area contributed by atoms with Gasteiger partial charge in [0, 0.05) is 57.9 Å². The molecule has 1 rings (SSSR count). The second-order valence-electron chi connectivity index (χ2n) is 6.66. The SMILES string of the molecule is CN(C)CCN1CCN(CCNC(C)(C)C)CC1. The second kappa shape index (κ2) is 7.43. The summed E-state index contributed by atoms with van der Waals surface area (Å²) in [4.78, 5) is 7.41. The van der Waals surface area contributed by atoms with Crippen LogP contribution in [0.15, 0.2) is 0 Å². The van der Waals surface area contributed by atoms with Gasteiger partial charge in [0.1, 0.15) is 0 Å². The topological polar surface area (TPSA) is 21.8 Å². The lowest BCUT2D eigenvalue weighted by Crippen LogP contribution is -2.50. The Morgan fingerprint density at radius 3 is 1.89 bits per heavy atom. The van der Waals surface area contributed by atoms with Crippen LogP contribution in [-0.2, 0) is 0 Å². The van der Waals surface area contributed by atoms with Gasteiger partial charge in [0.15, 0.2) is 0 Å². The molecular formula is C14H32N4. The number of rotatable bonds is 6. The van der Waals surface area contributed by atoms with Crippen molar-refractivity contribution in [2.45, 2.75) is 26.3 Å². The maximum Gasteiger partial charge on any atom is 0.0110 e. The molecule has 0 spiro atoms. The highest BCUT2D eigenvalue weighted by molar-refractivity contribution is 4.75. The van der Waals surface area contributed by atoms with Gasteiger partial charge in [-0.15, -0.1) is 0 Å². The molecule has 4 heteroatoms. The van der Waals surface area contributed by atoms with E-state index in [0.29, 0.717) is 0 Å². The first-order valence-corrected chi connectivity index (χ1v) is 7.21. The van der Waals surface area contributed by atoms with E-state index in [1.807, 2.05) is 0 Å². The van der Waals surface area contributed by atoms with Crippen LogP contribution >= 0.6 is 0 Å². The number of likely N-dealkylation sites (N-methyl/N-ethyl adjacent to an activating group) is 1. The fourth-order valence-corrected chi connectivity index (χ4v) is 2.17. The highest BCUT2D eigenvalue weighted by Gasteiger charge is 2.17. The van der Waals surface area contributed by atoms with E-state index in [2.05, 4.69) is 54.9 Å². The van der Waals surface area contributed by atoms with Crippen LogP contribution in [0.5, 0.6) is 0 Å². The lowest BCUT2D eigenvalue weighted by atomic mass is 10.1. The van der Waals surface area contributed by atoms with Crippen molar-refractivity contribution in [2.24, 2.45) is 0 Å². The maximum absolute atomic E-state index is 3.56. The van der Waals surface area contributed by atoms with Crippen LogP contribution in [0.2, 0.25) is 0 Å². The molecule has 0 aromatic rings. The first-order chi connectivity index (χ1) is 8.37. The van der Waals surface area contributed by atoms with Gasteiger partial charge in [0.2, 0.25) is 0 Å². The minimum absolute atomic E-state index is 0.244. The van der Waals surface area contributed by atoms with Crippen LogP contribution < -0.4 is 5.32 Å². The zero-order chi connectivity index (χ0) is 13.6. The van der Waals surface area contributed by atoms with E-state index in [1.165, 1.54) is 45.8 Å². The monoisotopic (exact) mass is 256 g/mol. The summed E-state index contributed by atoms with van der Waals surface area (Å²) in [5, 5.41) is 3.56. The first-order valence-electron chi connectivity index (χ1n) is 7.21. The molecule has 108 valence electrons. The molecule has 0 bridgehead atoms. The molecule has 0 aliphatic carbocycles. The van der Waals surface area contributed by atoms with Gasteiger partial charge < -0.3 is 10.2 Å². The fourth-order valence-electron chi connectivity index (χ4n) is 2.17. The first kappa shape index (κ1) is 15.9. The molecule has 1 aliphatic heterocycles. The van der Waals surface area contributed by atoms with Crippen molar-refractivity contribution in [3.05, 3.63) is 0 Å². The summed E-state index contributed by atoms with van der Waals surface area (Å²) in [5.41, 5.74) is 0.244. The Hall–Kier alpha value is -0.160. The molecule has 0 radical (unpaired) electrons. The second-order valence-corrected chi connectivity index (χ2v) is 6.66. The summed E-state index contributed by atoms with van der Waals surface area (Å²) in [5.74, 6) is 0. The van der Waals surface area contributed by atoms with Crippen molar-refractivity contribution in [3.8, 4) is 0 Å². The van der Waals surface area contributed by atoms with Gasteiger partial charge in [-0.25, -0.2) is 0 Å². The van der Waals surface area contributed by atoms with Crippen LogP contribution in [0.1, 0.15) is 20.8 Å². The van der Waals surface area contributed by atoms with Crippen molar-refractivity contribution in [2.75, 3.05) is 66.5 Å². The van der Waals surface area contributed by atoms with Crippen molar-refractivity contribution < 1.29 is 0 Å². The van der Waals surface area contributed by atoms with E-state index in [0.717, 1.165) is 6.54 Å². The normalized spacial score (nSPS) is 19.7. The Morgan fingerprint density at radius 2 is 1.44 bits per heavy atom. The molecule has 1 saturated heterocycles. The average Bonchev–Trinajstić information content (AvgIpc) is 2.26. The molecule has 0 amide bonds. The van der Waals surface area contributed by atoms with Gasteiger partial charge in [0.05, 0.1) is 0 Å². The summed E-state index contributed by atoms with van der Waals surface area (Å²) in [7, 11) is 4.29. The molecule has 0 unspecified atom stereocenters. The predicted molar refractivity (Wildman–Crippen MR) is 79.2 cm³/mol. The Labute approximate surface area is 113 Å². The van der Waals surface area contributed by atoms with Crippen LogP contribution in [-0.4, -0.2) is 86.7 Å². The van der Waals surface area contributed by atoms with Gasteiger partial charge >= 0.3 is 0 Å². The quantitative estimate of drug-likeness (QED) is 0.749. The molecule has 0 aromatic carbocycles. The molecule has 0 aromatic heterocycles. The van der Waals surface area contributed by atoms with Crippen LogP contribution in [0.3, 0.4) is 0 Å². The van der Waals surface area contributed by atoms with Gasteiger partial charge in [-0.3, -0.25) is 9.80 Å². The van der Waals surface area contributed by atoms with E-state index < -0.39 is 0 Å². The van der Waals surface area contributed by atoms with Crippen molar-refractivity contribution in [1.82, 2.24) is 20.0 Å². The third kappa shape index (κ3) is 7.31. The smallest absolute Gasteiger partial charge is 0.0110 e. The van der Waals surface area contributed by atoms with Crippen LogP contribution in [0.4, 0.5) is 0 Å². The third-order valence-electron chi connectivity index (χ3n) is 3.41. The summed E-state index contributed by atoms with van der Waals surface area (Å²) in [6.45, 7) is 16.2. The minimum atomic E-state index is 0.244. The van der Waals surface area contributed by atoms with E-state index in [9.17, 15) is 0 Å². The van der Waals surface area contributed by atoms with E-state index >= 15 is 0 Å². The fraction of sp³-hybridized carbons (Fsp3) is 1.00. The zero-order valence-electron chi connectivity index (χ0n) is 13.0. The molecule has 1 N–H and O–H groups in total.